The van der Waals surface area contributed by atoms with Gasteiger partial charge in [-0.3, -0.25) is 0 Å². The van der Waals surface area contributed by atoms with Gasteiger partial charge in [-0.2, -0.15) is 0 Å². The summed E-state index contributed by atoms with van der Waals surface area (Å²) in [6.45, 7) is 0. The van der Waals surface area contributed by atoms with Gasteiger partial charge in [-0.1, -0.05) is 54.3 Å². The van der Waals surface area contributed by atoms with E-state index in [0.717, 1.165) is 11.3 Å². The summed E-state index contributed by atoms with van der Waals surface area (Å²) in [5.41, 5.74) is 2.20. The van der Waals surface area contributed by atoms with Crippen LogP contribution in [0.15, 0.2) is 85.1 Å². The Morgan fingerprint density at radius 2 is 1.50 bits per heavy atom. The SMILES string of the molecule is C(#CC1C=CC=CN1c1ccccc1)c1ccccc1. The molecule has 0 radical (unpaired) electrons. The van der Waals surface area contributed by atoms with Crippen LogP contribution < -0.4 is 4.90 Å². The lowest BCUT2D eigenvalue weighted by Gasteiger charge is -2.26. The van der Waals surface area contributed by atoms with Crippen molar-refractivity contribution in [2.75, 3.05) is 4.90 Å². The maximum Gasteiger partial charge on any atom is 0.114 e. The van der Waals surface area contributed by atoms with Crippen LogP contribution in [0.2, 0.25) is 0 Å². The Morgan fingerprint density at radius 1 is 0.800 bits per heavy atom. The number of hydrogen-bond acceptors (Lipinski definition) is 1. The Kier molecular flexibility index (Phi) is 3.66. The minimum absolute atomic E-state index is 0.0719. The van der Waals surface area contributed by atoms with E-state index in [1.165, 1.54) is 0 Å². The van der Waals surface area contributed by atoms with Crippen LogP contribution in [-0.4, -0.2) is 6.04 Å². The molecule has 1 aliphatic rings. The second kappa shape index (κ2) is 5.95. The quantitative estimate of drug-likeness (QED) is 0.698. The monoisotopic (exact) mass is 257 g/mol. The molecule has 1 heterocycles. The van der Waals surface area contributed by atoms with Crippen LogP contribution in [0.1, 0.15) is 5.56 Å². The zero-order chi connectivity index (χ0) is 13.6. The molecule has 0 amide bonds. The molecule has 2 aromatic rings. The average Bonchev–Trinajstić information content (AvgIpc) is 2.55. The molecule has 0 aromatic heterocycles. The van der Waals surface area contributed by atoms with E-state index in [4.69, 9.17) is 0 Å². The van der Waals surface area contributed by atoms with Crippen molar-refractivity contribution in [2.45, 2.75) is 6.04 Å². The van der Waals surface area contributed by atoms with E-state index in [-0.39, 0.29) is 6.04 Å². The second-order valence-electron chi connectivity index (χ2n) is 4.55. The van der Waals surface area contributed by atoms with Gasteiger partial charge in [0.15, 0.2) is 0 Å². The molecule has 1 aliphatic heterocycles. The molecule has 1 heteroatoms. The summed E-state index contributed by atoms with van der Waals surface area (Å²) in [7, 11) is 0. The Labute approximate surface area is 119 Å². The van der Waals surface area contributed by atoms with Crippen molar-refractivity contribution in [3.63, 3.8) is 0 Å². The number of allylic oxidation sites excluding steroid dienone is 2. The van der Waals surface area contributed by atoms with Crippen molar-refractivity contribution in [3.05, 3.63) is 90.7 Å². The van der Waals surface area contributed by atoms with Crippen molar-refractivity contribution in [1.82, 2.24) is 0 Å². The standard InChI is InChI=1S/C19H15N/c1-3-9-17(10-4-1)14-15-19-13-7-8-16-20(19)18-11-5-2-6-12-18/h1-13,16,19H. The first-order chi connectivity index (χ1) is 9.93. The van der Waals surface area contributed by atoms with Crippen molar-refractivity contribution < 1.29 is 0 Å². The topological polar surface area (TPSA) is 3.24 Å². The number of nitrogens with zero attached hydrogens (tertiary/aromatic N) is 1. The van der Waals surface area contributed by atoms with Gasteiger partial charge in [-0.15, -0.1) is 0 Å². The number of benzene rings is 2. The molecular weight excluding hydrogens is 242 g/mol. The van der Waals surface area contributed by atoms with Crippen LogP contribution in [0.5, 0.6) is 0 Å². The minimum atomic E-state index is 0.0719. The Bertz CT molecular complexity index is 672. The van der Waals surface area contributed by atoms with Gasteiger partial charge in [-0.05, 0) is 36.4 Å². The van der Waals surface area contributed by atoms with Crippen LogP contribution in [0, 0.1) is 11.8 Å². The molecule has 2 aromatic carbocycles. The van der Waals surface area contributed by atoms with Gasteiger partial charge >= 0.3 is 0 Å². The van der Waals surface area contributed by atoms with Crippen LogP contribution >= 0.6 is 0 Å². The summed E-state index contributed by atoms with van der Waals surface area (Å²) >= 11 is 0. The molecule has 0 spiro atoms. The Hall–Kier alpha value is -2.72. The molecule has 0 saturated carbocycles. The molecule has 1 unspecified atom stereocenters. The molecule has 1 nitrogen and oxygen atoms in total. The van der Waals surface area contributed by atoms with E-state index in [9.17, 15) is 0 Å². The molecule has 0 saturated heterocycles. The largest absolute Gasteiger partial charge is 0.330 e. The molecule has 0 bridgehead atoms. The first kappa shape index (κ1) is 12.3. The van der Waals surface area contributed by atoms with Crippen molar-refractivity contribution in [1.29, 1.82) is 0 Å². The van der Waals surface area contributed by atoms with E-state index in [2.05, 4.69) is 41.1 Å². The van der Waals surface area contributed by atoms with Crippen LogP contribution in [0.3, 0.4) is 0 Å². The maximum absolute atomic E-state index is 3.32. The highest BCUT2D eigenvalue weighted by Gasteiger charge is 2.13. The first-order valence-corrected chi connectivity index (χ1v) is 6.68. The van der Waals surface area contributed by atoms with Gasteiger partial charge in [0.2, 0.25) is 0 Å². The molecule has 1 atom stereocenters. The third-order valence-electron chi connectivity index (χ3n) is 3.14. The van der Waals surface area contributed by atoms with Crippen LogP contribution in [0.4, 0.5) is 5.69 Å². The molecular formula is C19H15N. The van der Waals surface area contributed by atoms with E-state index < -0.39 is 0 Å². The zero-order valence-corrected chi connectivity index (χ0v) is 11.1. The van der Waals surface area contributed by atoms with E-state index in [1.54, 1.807) is 0 Å². The number of hydrogen-bond donors (Lipinski definition) is 0. The van der Waals surface area contributed by atoms with Gasteiger partial charge in [0.05, 0.1) is 0 Å². The highest BCUT2D eigenvalue weighted by Crippen LogP contribution is 2.19. The van der Waals surface area contributed by atoms with Gasteiger partial charge < -0.3 is 4.90 Å². The van der Waals surface area contributed by atoms with Gasteiger partial charge in [0.1, 0.15) is 6.04 Å². The maximum atomic E-state index is 3.32. The summed E-state index contributed by atoms with van der Waals surface area (Å²) in [6, 6.07) is 20.5. The summed E-state index contributed by atoms with van der Waals surface area (Å²) in [5.74, 6) is 6.56. The fourth-order valence-electron chi connectivity index (χ4n) is 2.14. The van der Waals surface area contributed by atoms with Crippen molar-refractivity contribution >= 4 is 5.69 Å². The normalized spacial score (nSPS) is 16.6. The number of anilines is 1. The predicted octanol–water partition coefficient (Wildman–Crippen LogP) is 4.00. The number of rotatable bonds is 1. The van der Waals surface area contributed by atoms with Crippen LogP contribution in [-0.2, 0) is 0 Å². The fraction of sp³-hybridized carbons (Fsp3) is 0.0526. The fourth-order valence-corrected chi connectivity index (χ4v) is 2.14. The lowest BCUT2D eigenvalue weighted by molar-refractivity contribution is 0.949. The van der Waals surface area contributed by atoms with Crippen molar-refractivity contribution in [3.8, 4) is 11.8 Å². The summed E-state index contributed by atoms with van der Waals surface area (Å²) in [6.07, 6.45) is 8.26. The Morgan fingerprint density at radius 3 is 2.25 bits per heavy atom. The number of para-hydroxylation sites is 1. The lowest BCUT2D eigenvalue weighted by Crippen LogP contribution is -2.28. The predicted molar refractivity (Wildman–Crippen MR) is 84.3 cm³/mol. The smallest absolute Gasteiger partial charge is 0.114 e. The Balaban J connectivity index is 1.87. The first-order valence-electron chi connectivity index (χ1n) is 6.68. The zero-order valence-electron chi connectivity index (χ0n) is 11.1. The van der Waals surface area contributed by atoms with Gasteiger partial charge in [-0.25, -0.2) is 0 Å². The highest BCUT2D eigenvalue weighted by molar-refractivity contribution is 5.56. The molecule has 0 fully saturated rings. The summed E-state index contributed by atoms with van der Waals surface area (Å²) in [5, 5.41) is 0. The molecule has 3 rings (SSSR count). The summed E-state index contributed by atoms with van der Waals surface area (Å²) < 4.78 is 0. The third kappa shape index (κ3) is 2.81. The molecule has 0 N–H and O–H groups in total. The third-order valence-corrected chi connectivity index (χ3v) is 3.14. The lowest BCUT2D eigenvalue weighted by atomic mass is 10.1. The van der Waals surface area contributed by atoms with Gasteiger partial charge in [0.25, 0.3) is 0 Å². The van der Waals surface area contributed by atoms with E-state index >= 15 is 0 Å². The highest BCUT2D eigenvalue weighted by atomic mass is 15.1. The molecule has 20 heavy (non-hydrogen) atoms. The van der Waals surface area contributed by atoms with E-state index in [0.29, 0.717) is 0 Å². The summed E-state index contributed by atoms with van der Waals surface area (Å²) in [4.78, 5) is 2.18. The van der Waals surface area contributed by atoms with E-state index in [1.807, 2.05) is 60.7 Å². The molecule has 96 valence electrons. The average molecular weight is 257 g/mol. The molecule has 0 aliphatic carbocycles. The van der Waals surface area contributed by atoms with Gasteiger partial charge in [0, 0.05) is 17.5 Å². The van der Waals surface area contributed by atoms with Crippen molar-refractivity contribution in [2.24, 2.45) is 0 Å². The van der Waals surface area contributed by atoms with Crippen LogP contribution in [0.25, 0.3) is 0 Å². The minimum Gasteiger partial charge on any atom is -0.330 e. The second-order valence-corrected chi connectivity index (χ2v) is 4.55.